The van der Waals surface area contributed by atoms with Crippen molar-refractivity contribution in [3.05, 3.63) is 134 Å². The van der Waals surface area contributed by atoms with Gasteiger partial charge in [-0.25, -0.2) is 0 Å². The van der Waals surface area contributed by atoms with Gasteiger partial charge in [0.1, 0.15) is 13.2 Å². The number of hydrogen-bond donors (Lipinski definition) is 0. The number of rotatable bonds is 39. The molecule has 6 heteroatoms. The lowest BCUT2D eigenvalue weighted by molar-refractivity contribution is -0.167. The molecule has 0 aromatic rings. The monoisotopic (exact) mass is 827 g/mol. The van der Waals surface area contributed by atoms with Crippen molar-refractivity contribution in [1.82, 2.24) is 0 Å². The van der Waals surface area contributed by atoms with Gasteiger partial charge in [-0.3, -0.25) is 14.4 Å². The second-order valence-electron chi connectivity index (χ2n) is 14.7. The molecule has 0 N–H and O–H groups in total. The van der Waals surface area contributed by atoms with E-state index < -0.39 is 6.10 Å². The molecule has 0 fully saturated rings. The normalized spacial score (nSPS) is 13.3. The first kappa shape index (κ1) is 55.5. The maximum atomic E-state index is 12.7. The average molecular weight is 827 g/mol. The highest BCUT2D eigenvalue weighted by molar-refractivity contribution is 5.71. The number of unbranched alkanes of at least 4 members (excludes halogenated alkanes) is 12. The van der Waals surface area contributed by atoms with E-state index in [1.807, 2.05) is 54.7 Å². The van der Waals surface area contributed by atoms with Crippen LogP contribution in [0.3, 0.4) is 0 Å². The summed E-state index contributed by atoms with van der Waals surface area (Å²) in [6.45, 7) is 6.12. The highest BCUT2D eigenvalue weighted by atomic mass is 16.6. The number of hydrogen-bond acceptors (Lipinski definition) is 6. The minimum atomic E-state index is -0.827. The summed E-state index contributed by atoms with van der Waals surface area (Å²) < 4.78 is 16.6. The molecule has 1 unspecified atom stereocenters. The van der Waals surface area contributed by atoms with E-state index in [2.05, 4.69) is 99.8 Å². The quantitative estimate of drug-likeness (QED) is 0.0202. The summed E-state index contributed by atoms with van der Waals surface area (Å²) in [6.07, 6.45) is 65.8. The van der Waals surface area contributed by atoms with Gasteiger partial charge in [-0.1, -0.05) is 199 Å². The van der Waals surface area contributed by atoms with Crippen molar-refractivity contribution in [2.24, 2.45) is 0 Å². The van der Waals surface area contributed by atoms with Crippen molar-refractivity contribution in [3.63, 3.8) is 0 Å². The molecule has 6 nitrogen and oxygen atoms in total. The Labute approximate surface area is 366 Å². The lowest BCUT2D eigenvalue weighted by Gasteiger charge is -2.18. The van der Waals surface area contributed by atoms with Gasteiger partial charge in [0.2, 0.25) is 0 Å². The number of carbonyl (C=O) groups is 3. The molecule has 60 heavy (non-hydrogen) atoms. The summed E-state index contributed by atoms with van der Waals surface area (Å²) in [5.74, 6) is -1.05. The standard InChI is InChI=1S/C54H82O6/c1-4-7-10-13-16-19-22-25-27-30-32-35-38-41-44-47-53(56)59-50-51(49-58-52(55)46-43-40-37-34-31-28-24-21-18-15-12-9-6-3)60-54(57)48-45-42-39-36-33-29-26-23-20-17-14-11-8-5-2/h7-13,15-22,24,26,28-29,31,34,37,51H,4-6,14,23,25,27,30,32-33,35-36,38-50H2,1-3H3/b10-7-,11-8-,12-9-,16-13-,18-15-,20-17-,22-19-,24-21-,29-26-,31-28-,37-34-. The zero-order valence-corrected chi connectivity index (χ0v) is 37.9. The zero-order valence-electron chi connectivity index (χ0n) is 37.9. The molecule has 0 amide bonds. The first-order valence-electron chi connectivity index (χ1n) is 23.3. The van der Waals surface area contributed by atoms with Crippen molar-refractivity contribution >= 4 is 17.9 Å². The van der Waals surface area contributed by atoms with E-state index in [-0.39, 0.29) is 44.0 Å². The van der Waals surface area contributed by atoms with Crippen LogP contribution in [0.2, 0.25) is 0 Å². The lowest BCUT2D eigenvalue weighted by Crippen LogP contribution is -2.30. The molecule has 0 aliphatic rings. The Kier molecular flexibility index (Phi) is 43.7. The Morgan fingerprint density at radius 1 is 0.350 bits per heavy atom. The van der Waals surface area contributed by atoms with Crippen molar-refractivity contribution in [1.29, 1.82) is 0 Å². The highest BCUT2D eigenvalue weighted by Crippen LogP contribution is 2.12. The first-order valence-corrected chi connectivity index (χ1v) is 23.3. The van der Waals surface area contributed by atoms with Gasteiger partial charge in [0, 0.05) is 19.3 Å². The molecule has 0 rings (SSSR count). The second-order valence-corrected chi connectivity index (χ2v) is 14.7. The predicted octanol–water partition coefficient (Wildman–Crippen LogP) is 15.1. The number of ether oxygens (including phenoxy) is 3. The van der Waals surface area contributed by atoms with E-state index in [9.17, 15) is 14.4 Å². The molecule has 0 saturated carbocycles. The molecule has 0 radical (unpaired) electrons. The Balaban J connectivity index is 4.58. The summed E-state index contributed by atoms with van der Waals surface area (Å²) in [7, 11) is 0. The largest absolute Gasteiger partial charge is 0.462 e. The summed E-state index contributed by atoms with van der Waals surface area (Å²) in [5.41, 5.74) is 0. The Bertz CT molecular complexity index is 1370. The Morgan fingerprint density at radius 3 is 1.20 bits per heavy atom. The Hall–Kier alpha value is -4.45. The molecule has 0 saturated heterocycles. The Morgan fingerprint density at radius 2 is 0.700 bits per heavy atom. The molecule has 334 valence electrons. The minimum absolute atomic E-state index is 0.122. The molecule has 0 aromatic heterocycles. The summed E-state index contributed by atoms with van der Waals surface area (Å²) in [5, 5.41) is 0. The van der Waals surface area contributed by atoms with Gasteiger partial charge in [0.25, 0.3) is 0 Å². The molecular weight excluding hydrogens is 745 g/mol. The van der Waals surface area contributed by atoms with Crippen LogP contribution in [-0.2, 0) is 28.6 Å². The summed E-state index contributed by atoms with van der Waals surface area (Å²) in [6, 6.07) is 0. The molecule has 0 heterocycles. The van der Waals surface area contributed by atoms with Crippen LogP contribution in [0.4, 0.5) is 0 Å². The van der Waals surface area contributed by atoms with Gasteiger partial charge in [0.15, 0.2) is 6.10 Å². The zero-order chi connectivity index (χ0) is 43.7. The molecule has 0 spiro atoms. The van der Waals surface area contributed by atoms with Crippen LogP contribution in [0.1, 0.15) is 168 Å². The van der Waals surface area contributed by atoms with Gasteiger partial charge in [0.05, 0.1) is 0 Å². The number of esters is 3. The number of allylic oxidation sites excluding steroid dienone is 22. The number of carbonyl (C=O) groups excluding carboxylic acids is 3. The molecule has 1 atom stereocenters. The molecule has 0 aliphatic heterocycles. The van der Waals surface area contributed by atoms with E-state index >= 15 is 0 Å². The van der Waals surface area contributed by atoms with Crippen molar-refractivity contribution in [2.75, 3.05) is 13.2 Å². The van der Waals surface area contributed by atoms with Crippen LogP contribution in [0.25, 0.3) is 0 Å². The highest BCUT2D eigenvalue weighted by Gasteiger charge is 2.19. The van der Waals surface area contributed by atoms with Gasteiger partial charge >= 0.3 is 17.9 Å². The first-order chi connectivity index (χ1) is 29.5. The van der Waals surface area contributed by atoms with Crippen molar-refractivity contribution in [2.45, 2.75) is 175 Å². The van der Waals surface area contributed by atoms with Crippen LogP contribution in [0, 0.1) is 0 Å². The van der Waals surface area contributed by atoms with Crippen LogP contribution in [0.5, 0.6) is 0 Å². The fraction of sp³-hybridized carbons (Fsp3) is 0.537. The van der Waals surface area contributed by atoms with Crippen molar-refractivity contribution in [3.8, 4) is 0 Å². The average Bonchev–Trinajstić information content (AvgIpc) is 3.24. The second kappa shape index (κ2) is 47.2. The molecular formula is C54H82O6. The SMILES string of the molecule is CC\C=C/C=C\C=C/C=C\C=C/CCCC(=O)OCC(COC(=O)CCCCCCCCC\C=C/C=C\C=C/CC)OC(=O)CCCCCC/C=C\C/C=C\C/C=C\CC. The summed E-state index contributed by atoms with van der Waals surface area (Å²) in [4.78, 5) is 37.8. The van der Waals surface area contributed by atoms with E-state index in [0.29, 0.717) is 12.8 Å². The van der Waals surface area contributed by atoms with E-state index in [1.165, 1.54) is 19.3 Å². The predicted molar refractivity (Wildman–Crippen MR) is 256 cm³/mol. The third-order valence-electron chi connectivity index (χ3n) is 9.07. The topological polar surface area (TPSA) is 78.9 Å². The van der Waals surface area contributed by atoms with Gasteiger partial charge in [-0.2, -0.15) is 0 Å². The maximum Gasteiger partial charge on any atom is 0.306 e. The van der Waals surface area contributed by atoms with Crippen LogP contribution in [-0.4, -0.2) is 37.2 Å². The molecule has 0 aromatic carbocycles. The fourth-order valence-electron chi connectivity index (χ4n) is 5.66. The van der Waals surface area contributed by atoms with E-state index in [4.69, 9.17) is 14.2 Å². The van der Waals surface area contributed by atoms with Crippen LogP contribution in [0.15, 0.2) is 134 Å². The van der Waals surface area contributed by atoms with Gasteiger partial charge < -0.3 is 14.2 Å². The smallest absolute Gasteiger partial charge is 0.306 e. The maximum absolute atomic E-state index is 12.7. The fourth-order valence-corrected chi connectivity index (χ4v) is 5.66. The van der Waals surface area contributed by atoms with Gasteiger partial charge in [-0.05, 0) is 83.5 Å². The van der Waals surface area contributed by atoms with Crippen molar-refractivity contribution < 1.29 is 28.6 Å². The summed E-state index contributed by atoms with van der Waals surface area (Å²) >= 11 is 0. The van der Waals surface area contributed by atoms with Gasteiger partial charge in [-0.15, -0.1) is 0 Å². The lowest BCUT2D eigenvalue weighted by atomic mass is 10.1. The van der Waals surface area contributed by atoms with E-state index in [0.717, 1.165) is 103 Å². The molecule has 0 aliphatic carbocycles. The third kappa shape index (κ3) is 44.6. The van der Waals surface area contributed by atoms with Crippen LogP contribution >= 0.6 is 0 Å². The third-order valence-corrected chi connectivity index (χ3v) is 9.07. The van der Waals surface area contributed by atoms with Crippen LogP contribution < -0.4 is 0 Å². The van der Waals surface area contributed by atoms with E-state index in [1.54, 1.807) is 0 Å². The molecule has 0 bridgehead atoms. The minimum Gasteiger partial charge on any atom is -0.462 e.